The fourth-order valence-electron chi connectivity index (χ4n) is 2.55. The van der Waals surface area contributed by atoms with Crippen molar-refractivity contribution in [2.75, 3.05) is 0 Å². The summed E-state index contributed by atoms with van der Waals surface area (Å²) in [5.74, 6) is 0.706. The first-order chi connectivity index (χ1) is 9.24. The SMILES string of the molecule is Cc1cc(CNC2CC2c2ccccc2)ccc1Br. The van der Waals surface area contributed by atoms with Gasteiger partial charge in [-0.05, 0) is 36.1 Å². The first kappa shape index (κ1) is 12.9. The summed E-state index contributed by atoms with van der Waals surface area (Å²) in [4.78, 5) is 0. The lowest BCUT2D eigenvalue weighted by molar-refractivity contribution is 0.672. The van der Waals surface area contributed by atoms with E-state index < -0.39 is 0 Å². The van der Waals surface area contributed by atoms with Gasteiger partial charge in [-0.15, -0.1) is 0 Å². The van der Waals surface area contributed by atoms with Gasteiger partial charge in [-0.2, -0.15) is 0 Å². The average Bonchev–Trinajstić information content (AvgIpc) is 3.21. The number of hydrogen-bond acceptors (Lipinski definition) is 1. The number of halogens is 1. The van der Waals surface area contributed by atoms with Crippen molar-refractivity contribution < 1.29 is 0 Å². The molecule has 1 N–H and O–H groups in total. The molecule has 2 aromatic rings. The molecule has 1 aliphatic rings. The zero-order valence-electron chi connectivity index (χ0n) is 11.1. The molecule has 2 atom stereocenters. The van der Waals surface area contributed by atoms with Crippen LogP contribution < -0.4 is 5.32 Å². The summed E-state index contributed by atoms with van der Waals surface area (Å²) in [5, 5.41) is 3.65. The summed E-state index contributed by atoms with van der Waals surface area (Å²) in [6.45, 7) is 3.10. The van der Waals surface area contributed by atoms with Crippen molar-refractivity contribution in [1.29, 1.82) is 0 Å². The van der Waals surface area contributed by atoms with Crippen LogP contribution in [0.25, 0.3) is 0 Å². The molecule has 2 heteroatoms. The van der Waals surface area contributed by atoms with E-state index in [4.69, 9.17) is 0 Å². The molecule has 0 aromatic heterocycles. The van der Waals surface area contributed by atoms with E-state index in [1.54, 1.807) is 0 Å². The third kappa shape index (κ3) is 3.07. The van der Waals surface area contributed by atoms with E-state index in [9.17, 15) is 0 Å². The molecule has 1 nitrogen and oxygen atoms in total. The van der Waals surface area contributed by atoms with Crippen LogP contribution in [0.15, 0.2) is 53.0 Å². The molecule has 1 fully saturated rings. The van der Waals surface area contributed by atoms with E-state index in [0.29, 0.717) is 12.0 Å². The van der Waals surface area contributed by atoms with Gasteiger partial charge in [0.1, 0.15) is 0 Å². The van der Waals surface area contributed by atoms with Crippen molar-refractivity contribution in [2.45, 2.75) is 31.8 Å². The zero-order valence-corrected chi connectivity index (χ0v) is 12.7. The van der Waals surface area contributed by atoms with Gasteiger partial charge in [0, 0.05) is 23.0 Å². The predicted molar refractivity (Wildman–Crippen MR) is 83.3 cm³/mol. The lowest BCUT2D eigenvalue weighted by Gasteiger charge is -2.06. The molecule has 0 radical (unpaired) electrons. The minimum Gasteiger partial charge on any atom is -0.309 e. The number of hydrogen-bond donors (Lipinski definition) is 1. The third-order valence-corrected chi connectivity index (χ3v) is 4.70. The monoisotopic (exact) mass is 315 g/mol. The molecule has 0 aliphatic heterocycles. The number of aryl methyl sites for hydroxylation is 1. The highest BCUT2D eigenvalue weighted by atomic mass is 79.9. The van der Waals surface area contributed by atoms with Crippen molar-refractivity contribution in [3.8, 4) is 0 Å². The van der Waals surface area contributed by atoms with Crippen LogP contribution in [0.2, 0.25) is 0 Å². The molecule has 0 amide bonds. The largest absolute Gasteiger partial charge is 0.309 e. The van der Waals surface area contributed by atoms with Gasteiger partial charge in [0.2, 0.25) is 0 Å². The lowest BCUT2D eigenvalue weighted by Crippen LogP contribution is -2.17. The Morgan fingerprint density at radius 3 is 2.68 bits per heavy atom. The van der Waals surface area contributed by atoms with Gasteiger partial charge < -0.3 is 5.32 Å². The molecule has 0 saturated heterocycles. The van der Waals surface area contributed by atoms with Gasteiger partial charge >= 0.3 is 0 Å². The Kier molecular flexibility index (Phi) is 3.72. The molecule has 0 heterocycles. The number of rotatable bonds is 4. The molecule has 3 rings (SSSR count). The predicted octanol–water partition coefficient (Wildman–Crippen LogP) is 4.40. The fraction of sp³-hybridized carbons (Fsp3) is 0.294. The maximum Gasteiger partial charge on any atom is 0.0208 e. The van der Waals surface area contributed by atoms with Crippen LogP contribution in [0.5, 0.6) is 0 Å². The number of nitrogens with one attached hydrogen (secondary N) is 1. The highest BCUT2D eigenvalue weighted by Crippen LogP contribution is 2.40. The summed E-state index contributed by atoms with van der Waals surface area (Å²) in [7, 11) is 0. The van der Waals surface area contributed by atoms with Crippen molar-refractivity contribution in [2.24, 2.45) is 0 Å². The molecule has 2 unspecified atom stereocenters. The van der Waals surface area contributed by atoms with Gasteiger partial charge in [0.15, 0.2) is 0 Å². The van der Waals surface area contributed by atoms with Crippen molar-refractivity contribution in [3.63, 3.8) is 0 Å². The normalized spacial score (nSPS) is 21.4. The van der Waals surface area contributed by atoms with Crippen LogP contribution in [-0.2, 0) is 6.54 Å². The Bertz CT molecular complexity index is 565. The number of benzene rings is 2. The third-order valence-electron chi connectivity index (χ3n) is 3.81. The highest BCUT2D eigenvalue weighted by molar-refractivity contribution is 9.10. The Morgan fingerprint density at radius 1 is 1.16 bits per heavy atom. The summed E-state index contributed by atoms with van der Waals surface area (Å²) in [6, 6.07) is 18.0. The van der Waals surface area contributed by atoms with E-state index in [1.165, 1.54) is 27.6 Å². The lowest BCUT2D eigenvalue weighted by atomic mass is 10.1. The minimum absolute atomic E-state index is 0.645. The second-order valence-electron chi connectivity index (χ2n) is 5.32. The molecular weight excluding hydrogens is 298 g/mol. The highest BCUT2D eigenvalue weighted by Gasteiger charge is 2.37. The maximum atomic E-state index is 3.65. The Labute approximate surface area is 123 Å². The summed E-state index contributed by atoms with van der Waals surface area (Å²) >= 11 is 3.54. The standard InChI is InChI=1S/C17H18BrN/c1-12-9-13(7-8-16(12)18)11-19-17-10-15(17)14-5-3-2-4-6-14/h2-9,15,17,19H,10-11H2,1H3. The second kappa shape index (κ2) is 5.48. The van der Waals surface area contributed by atoms with Gasteiger partial charge in [0.25, 0.3) is 0 Å². The smallest absolute Gasteiger partial charge is 0.0208 e. The topological polar surface area (TPSA) is 12.0 Å². The Hall–Kier alpha value is -1.12. The Balaban J connectivity index is 1.56. The minimum atomic E-state index is 0.645. The summed E-state index contributed by atoms with van der Waals surface area (Å²) in [5.41, 5.74) is 4.13. The molecule has 19 heavy (non-hydrogen) atoms. The fourth-order valence-corrected chi connectivity index (χ4v) is 2.80. The molecule has 1 saturated carbocycles. The zero-order chi connectivity index (χ0) is 13.2. The van der Waals surface area contributed by atoms with Gasteiger partial charge in [-0.25, -0.2) is 0 Å². The van der Waals surface area contributed by atoms with E-state index in [1.807, 2.05) is 0 Å². The van der Waals surface area contributed by atoms with Gasteiger partial charge in [-0.1, -0.05) is 58.4 Å². The van der Waals surface area contributed by atoms with Crippen LogP contribution in [0.1, 0.15) is 29.0 Å². The first-order valence-electron chi connectivity index (χ1n) is 6.77. The molecule has 0 spiro atoms. The van der Waals surface area contributed by atoms with Crippen LogP contribution >= 0.6 is 15.9 Å². The van der Waals surface area contributed by atoms with E-state index >= 15 is 0 Å². The summed E-state index contributed by atoms with van der Waals surface area (Å²) in [6.07, 6.45) is 1.26. The summed E-state index contributed by atoms with van der Waals surface area (Å²) < 4.78 is 1.19. The van der Waals surface area contributed by atoms with Crippen LogP contribution in [-0.4, -0.2) is 6.04 Å². The maximum absolute atomic E-state index is 3.65. The molecule has 0 bridgehead atoms. The van der Waals surface area contributed by atoms with Crippen LogP contribution in [0.4, 0.5) is 0 Å². The van der Waals surface area contributed by atoms with Crippen molar-refractivity contribution >= 4 is 15.9 Å². The second-order valence-corrected chi connectivity index (χ2v) is 6.18. The van der Waals surface area contributed by atoms with Gasteiger partial charge in [0.05, 0.1) is 0 Å². The van der Waals surface area contributed by atoms with Crippen molar-refractivity contribution in [3.05, 3.63) is 69.7 Å². The first-order valence-corrected chi connectivity index (χ1v) is 7.56. The van der Waals surface area contributed by atoms with Crippen LogP contribution in [0, 0.1) is 6.92 Å². The van der Waals surface area contributed by atoms with Crippen LogP contribution in [0.3, 0.4) is 0 Å². The average molecular weight is 316 g/mol. The Morgan fingerprint density at radius 2 is 1.95 bits per heavy atom. The van der Waals surface area contributed by atoms with Gasteiger partial charge in [-0.3, -0.25) is 0 Å². The van der Waals surface area contributed by atoms with Crippen molar-refractivity contribution in [1.82, 2.24) is 5.32 Å². The van der Waals surface area contributed by atoms with E-state index in [-0.39, 0.29) is 0 Å². The molecule has 98 valence electrons. The van der Waals surface area contributed by atoms with E-state index in [0.717, 1.165) is 6.54 Å². The molecular formula is C17H18BrN. The molecule has 2 aromatic carbocycles. The molecule has 1 aliphatic carbocycles. The van der Waals surface area contributed by atoms with E-state index in [2.05, 4.69) is 76.7 Å². The quantitative estimate of drug-likeness (QED) is 0.881.